The van der Waals surface area contributed by atoms with Gasteiger partial charge in [-0.2, -0.15) is 0 Å². The van der Waals surface area contributed by atoms with Crippen molar-refractivity contribution < 1.29 is 18.7 Å². The number of furan rings is 1. The van der Waals surface area contributed by atoms with Gasteiger partial charge in [-0.1, -0.05) is 6.07 Å². The lowest BCUT2D eigenvalue weighted by Gasteiger charge is -2.25. The Morgan fingerprint density at radius 1 is 1.31 bits per heavy atom. The van der Waals surface area contributed by atoms with Gasteiger partial charge in [-0.3, -0.25) is 14.6 Å². The zero-order valence-electron chi connectivity index (χ0n) is 14.6. The molecule has 1 fully saturated rings. The number of nitrogens with zero attached hydrogens (tertiary/aromatic N) is 2. The number of nitrogens with one attached hydrogen (secondary N) is 1. The number of pyridine rings is 1. The first-order valence-corrected chi connectivity index (χ1v) is 8.82. The molecule has 7 heteroatoms. The van der Waals surface area contributed by atoms with Gasteiger partial charge >= 0.3 is 0 Å². The van der Waals surface area contributed by atoms with E-state index in [4.69, 9.17) is 9.15 Å². The van der Waals surface area contributed by atoms with Gasteiger partial charge in [0, 0.05) is 32.3 Å². The molecule has 1 atom stereocenters. The van der Waals surface area contributed by atoms with Crippen LogP contribution in [0.1, 0.15) is 35.3 Å². The number of hydrogen-bond acceptors (Lipinski definition) is 5. The largest absolute Gasteiger partial charge is 0.472 e. The van der Waals surface area contributed by atoms with E-state index in [2.05, 4.69) is 10.3 Å². The predicted octanol–water partition coefficient (Wildman–Crippen LogP) is 2.00. The molecular weight excluding hydrogens is 334 g/mol. The van der Waals surface area contributed by atoms with E-state index in [1.54, 1.807) is 17.2 Å². The Labute approximate surface area is 152 Å². The van der Waals surface area contributed by atoms with Gasteiger partial charge in [-0.05, 0) is 31.0 Å². The van der Waals surface area contributed by atoms with Crippen molar-refractivity contribution in [2.45, 2.75) is 31.9 Å². The average Bonchev–Trinajstić information content (AvgIpc) is 3.37. The van der Waals surface area contributed by atoms with Crippen LogP contribution in [-0.4, -0.2) is 47.5 Å². The highest BCUT2D eigenvalue weighted by Gasteiger charge is 2.24. The zero-order chi connectivity index (χ0) is 18.2. The molecule has 0 aliphatic carbocycles. The first kappa shape index (κ1) is 18.1. The van der Waals surface area contributed by atoms with Crippen molar-refractivity contribution in [3.63, 3.8) is 0 Å². The first-order valence-electron chi connectivity index (χ1n) is 8.82. The number of carbonyl (C=O) groups excluding carboxylic acids is 2. The van der Waals surface area contributed by atoms with Gasteiger partial charge in [0.1, 0.15) is 6.26 Å². The third-order valence-electron chi connectivity index (χ3n) is 4.30. The molecule has 3 heterocycles. The van der Waals surface area contributed by atoms with Gasteiger partial charge in [-0.15, -0.1) is 0 Å². The van der Waals surface area contributed by atoms with Gasteiger partial charge in [0.05, 0.1) is 30.2 Å². The van der Waals surface area contributed by atoms with Crippen LogP contribution in [0.2, 0.25) is 0 Å². The second-order valence-electron chi connectivity index (χ2n) is 6.25. The number of aromatic nitrogens is 1. The molecule has 1 aliphatic rings. The fourth-order valence-electron chi connectivity index (χ4n) is 2.90. The van der Waals surface area contributed by atoms with Gasteiger partial charge < -0.3 is 19.4 Å². The van der Waals surface area contributed by atoms with Crippen LogP contribution >= 0.6 is 0 Å². The first-order chi connectivity index (χ1) is 12.7. The molecule has 7 nitrogen and oxygen atoms in total. The summed E-state index contributed by atoms with van der Waals surface area (Å²) < 4.78 is 10.6. The highest BCUT2D eigenvalue weighted by atomic mass is 16.5. The van der Waals surface area contributed by atoms with Gasteiger partial charge in [0.15, 0.2) is 0 Å². The lowest BCUT2D eigenvalue weighted by Crippen LogP contribution is -2.39. The van der Waals surface area contributed by atoms with E-state index in [0.29, 0.717) is 25.2 Å². The second-order valence-corrected chi connectivity index (χ2v) is 6.25. The Hall–Kier alpha value is -2.67. The third-order valence-corrected chi connectivity index (χ3v) is 4.30. The molecule has 1 N–H and O–H groups in total. The van der Waals surface area contributed by atoms with E-state index in [1.807, 2.05) is 18.2 Å². The Morgan fingerprint density at radius 3 is 2.92 bits per heavy atom. The molecule has 2 aromatic heterocycles. The number of carbonyl (C=O) groups is 2. The van der Waals surface area contributed by atoms with Crippen LogP contribution in [0.25, 0.3) is 0 Å². The lowest BCUT2D eigenvalue weighted by molar-refractivity contribution is -0.121. The normalized spacial score (nSPS) is 16.4. The van der Waals surface area contributed by atoms with Crippen molar-refractivity contribution in [3.05, 3.63) is 54.2 Å². The molecule has 1 unspecified atom stereocenters. The molecule has 0 aromatic carbocycles. The minimum atomic E-state index is -0.147. The minimum Gasteiger partial charge on any atom is -0.472 e. The maximum Gasteiger partial charge on any atom is 0.257 e. The molecule has 0 radical (unpaired) electrons. The summed E-state index contributed by atoms with van der Waals surface area (Å²) >= 11 is 0. The van der Waals surface area contributed by atoms with E-state index < -0.39 is 0 Å². The summed E-state index contributed by atoms with van der Waals surface area (Å²) in [6.45, 7) is 1.92. The Bertz CT molecular complexity index is 697. The smallest absolute Gasteiger partial charge is 0.257 e. The summed E-state index contributed by atoms with van der Waals surface area (Å²) in [6.07, 6.45) is 6.77. The molecule has 2 amide bonds. The Morgan fingerprint density at radius 2 is 2.23 bits per heavy atom. The average molecular weight is 357 g/mol. The molecule has 138 valence electrons. The highest BCUT2D eigenvalue weighted by Crippen LogP contribution is 2.15. The summed E-state index contributed by atoms with van der Waals surface area (Å²) in [4.78, 5) is 30.6. The van der Waals surface area contributed by atoms with Crippen LogP contribution < -0.4 is 5.32 Å². The van der Waals surface area contributed by atoms with Crippen LogP contribution in [0.5, 0.6) is 0 Å². The molecule has 0 bridgehead atoms. The third kappa shape index (κ3) is 5.16. The molecule has 1 aliphatic heterocycles. The van der Waals surface area contributed by atoms with Crippen LogP contribution in [0, 0.1) is 0 Å². The maximum atomic E-state index is 12.7. The van der Waals surface area contributed by atoms with Crippen LogP contribution in [0.3, 0.4) is 0 Å². The molecule has 2 aromatic rings. The molecular formula is C19H23N3O4. The summed E-state index contributed by atoms with van der Waals surface area (Å²) in [6, 6.07) is 7.19. The lowest BCUT2D eigenvalue weighted by atomic mass is 10.2. The fraction of sp³-hybridized carbons (Fsp3) is 0.421. The molecule has 0 saturated carbocycles. The summed E-state index contributed by atoms with van der Waals surface area (Å²) in [5.74, 6) is -0.264. The van der Waals surface area contributed by atoms with Crippen LogP contribution in [-0.2, 0) is 16.1 Å². The molecule has 26 heavy (non-hydrogen) atoms. The Balaban J connectivity index is 1.52. The van der Waals surface area contributed by atoms with Crippen LogP contribution in [0.15, 0.2) is 47.4 Å². The molecule has 3 rings (SSSR count). The van der Waals surface area contributed by atoms with Crippen molar-refractivity contribution in [2.24, 2.45) is 0 Å². The van der Waals surface area contributed by atoms with Crippen molar-refractivity contribution in [1.82, 2.24) is 15.2 Å². The van der Waals surface area contributed by atoms with Gasteiger partial charge in [0.2, 0.25) is 5.91 Å². The summed E-state index contributed by atoms with van der Waals surface area (Å²) in [7, 11) is 0. The van der Waals surface area contributed by atoms with E-state index >= 15 is 0 Å². The van der Waals surface area contributed by atoms with E-state index in [9.17, 15) is 9.59 Å². The topological polar surface area (TPSA) is 84.7 Å². The molecule has 0 spiro atoms. The summed E-state index contributed by atoms with van der Waals surface area (Å²) in [5.41, 5.74) is 1.28. The second kappa shape index (κ2) is 9.15. The highest BCUT2D eigenvalue weighted by molar-refractivity contribution is 5.94. The van der Waals surface area contributed by atoms with Crippen molar-refractivity contribution in [2.75, 3.05) is 19.7 Å². The van der Waals surface area contributed by atoms with E-state index in [1.165, 1.54) is 12.5 Å². The van der Waals surface area contributed by atoms with E-state index in [0.717, 1.165) is 25.1 Å². The quantitative estimate of drug-likeness (QED) is 0.781. The van der Waals surface area contributed by atoms with Gasteiger partial charge in [0.25, 0.3) is 5.91 Å². The monoisotopic (exact) mass is 357 g/mol. The number of ether oxygens (including phenoxy) is 1. The van der Waals surface area contributed by atoms with Crippen molar-refractivity contribution in [1.29, 1.82) is 0 Å². The van der Waals surface area contributed by atoms with E-state index in [-0.39, 0.29) is 24.3 Å². The minimum absolute atomic E-state index is 0.0300. The number of hydrogen-bond donors (Lipinski definition) is 1. The van der Waals surface area contributed by atoms with Crippen LogP contribution in [0.4, 0.5) is 0 Å². The van der Waals surface area contributed by atoms with Gasteiger partial charge in [-0.25, -0.2) is 0 Å². The van der Waals surface area contributed by atoms with Crippen molar-refractivity contribution >= 4 is 11.8 Å². The standard InChI is InChI=1S/C19H23N3O4/c23-18(21-12-16-4-1-2-8-20-16)6-9-22(13-17-5-3-10-26-17)19(24)15-7-11-25-14-15/h1-2,4,7-8,11,14,17H,3,5-6,9-10,12-13H2,(H,21,23). The predicted molar refractivity (Wildman–Crippen MR) is 94.3 cm³/mol. The SMILES string of the molecule is O=C(CCN(CC1CCCO1)C(=O)c1ccoc1)NCc1ccccn1. The summed E-state index contributed by atoms with van der Waals surface area (Å²) in [5, 5.41) is 2.83. The molecule has 1 saturated heterocycles. The zero-order valence-corrected chi connectivity index (χ0v) is 14.6. The fourth-order valence-corrected chi connectivity index (χ4v) is 2.90. The van der Waals surface area contributed by atoms with Crippen molar-refractivity contribution in [3.8, 4) is 0 Å². The maximum absolute atomic E-state index is 12.7. The number of amides is 2. The number of rotatable bonds is 8. The Kier molecular flexibility index (Phi) is 6.38.